The Balaban J connectivity index is 4.56. The molecule has 90 valence electrons. The second-order valence-electron chi connectivity index (χ2n) is 2.76. The summed E-state index contributed by atoms with van der Waals surface area (Å²) >= 11 is 0. The van der Waals surface area contributed by atoms with Crippen LogP contribution in [0.1, 0.15) is 12.8 Å². The normalized spacial score (nSPS) is 10.6. The number of ether oxygens (including phenoxy) is 3. The van der Waals surface area contributed by atoms with Gasteiger partial charge in [0.2, 0.25) is 0 Å². The van der Waals surface area contributed by atoms with Gasteiger partial charge in [-0.2, -0.15) is 0 Å². The second kappa shape index (κ2) is 7.44. The van der Waals surface area contributed by atoms with Crippen LogP contribution in [0.5, 0.6) is 0 Å². The minimum absolute atomic E-state index is 0.00553. The van der Waals surface area contributed by atoms with Gasteiger partial charge in [-0.25, -0.2) is 9.59 Å². The molecule has 0 radical (unpaired) electrons. The van der Waals surface area contributed by atoms with E-state index in [-0.39, 0.29) is 18.4 Å². The molecular formula is C10H14O6. The lowest BCUT2D eigenvalue weighted by molar-refractivity contribution is -0.141. The van der Waals surface area contributed by atoms with Crippen LogP contribution < -0.4 is 0 Å². The third-order valence-corrected chi connectivity index (χ3v) is 1.77. The highest BCUT2D eigenvalue weighted by Gasteiger charge is 2.14. The van der Waals surface area contributed by atoms with E-state index in [1.807, 2.05) is 0 Å². The molecule has 0 spiro atoms. The van der Waals surface area contributed by atoms with Crippen molar-refractivity contribution in [2.45, 2.75) is 12.8 Å². The van der Waals surface area contributed by atoms with Crippen molar-refractivity contribution in [3.8, 4) is 0 Å². The van der Waals surface area contributed by atoms with Crippen LogP contribution in [0.25, 0.3) is 0 Å². The minimum atomic E-state index is -0.676. The van der Waals surface area contributed by atoms with Crippen molar-refractivity contribution >= 4 is 17.9 Å². The van der Waals surface area contributed by atoms with Crippen molar-refractivity contribution in [2.75, 3.05) is 21.3 Å². The maximum atomic E-state index is 11.2. The van der Waals surface area contributed by atoms with Gasteiger partial charge in [-0.3, -0.25) is 4.79 Å². The number of carbonyl (C=O) groups is 3. The molecule has 0 aliphatic heterocycles. The number of carbonyl (C=O) groups excluding carboxylic acids is 3. The number of rotatable bonds is 5. The molecule has 6 heteroatoms. The van der Waals surface area contributed by atoms with Gasteiger partial charge in [0.15, 0.2) is 0 Å². The van der Waals surface area contributed by atoms with E-state index in [1.54, 1.807) is 0 Å². The second-order valence-corrected chi connectivity index (χ2v) is 2.76. The molecule has 0 aromatic heterocycles. The Bertz CT molecular complexity index is 304. The highest BCUT2D eigenvalue weighted by atomic mass is 16.5. The Labute approximate surface area is 93.2 Å². The summed E-state index contributed by atoms with van der Waals surface area (Å²) in [4.78, 5) is 33.0. The SMILES string of the molecule is COC(=O)/C=C(/CCC(=O)OC)C(=O)OC. The van der Waals surface area contributed by atoms with E-state index in [1.165, 1.54) is 21.3 Å². The highest BCUT2D eigenvalue weighted by Crippen LogP contribution is 2.08. The van der Waals surface area contributed by atoms with Crippen LogP contribution in [0, 0.1) is 0 Å². The number of hydrogen-bond donors (Lipinski definition) is 0. The van der Waals surface area contributed by atoms with Crippen molar-refractivity contribution in [3.63, 3.8) is 0 Å². The topological polar surface area (TPSA) is 78.9 Å². The summed E-state index contributed by atoms with van der Waals surface area (Å²) in [5.41, 5.74) is 0.0692. The molecule has 0 aliphatic carbocycles. The van der Waals surface area contributed by atoms with Crippen LogP contribution in [0.3, 0.4) is 0 Å². The molecule has 0 saturated carbocycles. The van der Waals surface area contributed by atoms with Crippen molar-refractivity contribution in [2.24, 2.45) is 0 Å². The predicted octanol–water partition coefficient (Wildman–Crippen LogP) is 0.212. The first-order valence-corrected chi connectivity index (χ1v) is 4.48. The molecule has 0 atom stereocenters. The van der Waals surface area contributed by atoms with Gasteiger partial charge in [0.25, 0.3) is 0 Å². The molecule has 0 rings (SSSR count). The zero-order valence-corrected chi connectivity index (χ0v) is 9.44. The largest absolute Gasteiger partial charge is 0.469 e. The predicted molar refractivity (Wildman–Crippen MR) is 53.4 cm³/mol. The van der Waals surface area contributed by atoms with E-state index in [0.717, 1.165) is 6.08 Å². The van der Waals surface area contributed by atoms with Crippen LogP contribution in [-0.4, -0.2) is 39.2 Å². The van der Waals surface area contributed by atoms with Crippen LogP contribution >= 0.6 is 0 Å². The quantitative estimate of drug-likeness (QED) is 0.381. The minimum Gasteiger partial charge on any atom is -0.469 e. The highest BCUT2D eigenvalue weighted by molar-refractivity contribution is 5.96. The maximum Gasteiger partial charge on any atom is 0.334 e. The van der Waals surface area contributed by atoms with E-state index in [2.05, 4.69) is 14.2 Å². The van der Waals surface area contributed by atoms with Crippen LogP contribution in [0.4, 0.5) is 0 Å². The van der Waals surface area contributed by atoms with Gasteiger partial charge in [-0.1, -0.05) is 0 Å². The lowest BCUT2D eigenvalue weighted by Crippen LogP contribution is -2.10. The Morgan fingerprint density at radius 2 is 1.56 bits per heavy atom. The molecular weight excluding hydrogens is 216 g/mol. The molecule has 16 heavy (non-hydrogen) atoms. The van der Waals surface area contributed by atoms with E-state index in [4.69, 9.17) is 0 Å². The fourth-order valence-electron chi connectivity index (χ4n) is 0.904. The summed E-state index contributed by atoms with van der Waals surface area (Å²) in [5.74, 6) is -1.82. The molecule has 0 aromatic rings. The molecule has 0 saturated heterocycles. The van der Waals surface area contributed by atoms with Crippen LogP contribution in [0.15, 0.2) is 11.6 Å². The first kappa shape index (κ1) is 14.2. The van der Waals surface area contributed by atoms with Crippen molar-refractivity contribution < 1.29 is 28.6 Å². The molecule has 0 heterocycles. The van der Waals surface area contributed by atoms with Crippen molar-refractivity contribution in [1.29, 1.82) is 0 Å². The number of hydrogen-bond acceptors (Lipinski definition) is 6. The summed E-state index contributed by atoms with van der Waals surface area (Å²) in [6.07, 6.45) is 1.05. The summed E-state index contributed by atoms with van der Waals surface area (Å²) in [6.45, 7) is 0. The molecule has 0 aliphatic rings. The maximum absolute atomic E-state index is 11.2. The van der Waals surface area contributed by atoms with E-state index < -0.39 is 17.9 Å². The van der Waals surface area contributed by atoms with Gasteiger partial charge in [0.05, 0.1) is 21.3 Å². The Morgan fingerprint density at radius 3 is 2.00 bits per heavy atom. The van der Waals surface area contributed by atoms with Gasteiger partial charge in [0, 0.05) is 18.1 Å². The smallest absolute Gasteiger partial charge is 0.334 e. The van der Waals surface area contributed by atoms with E-state index >= 15 is 0 Å². The average molecular weight is 230 g/mol. The lowest BCUT2D eigenvalue weighted by Gasteiger charge is -2.04. The molecule has 0 unspecified atom stereocenters. The Hall–Kier alpha value is -1.85. The zero-order chi connectivity index (χ0) is 12.6. The van der Waals surface area contributed by atoms with Crippen molar-refractivity contribution in [1.82, 2.24) is 0 Å². The van der Waals surface area contributed by atoms with Crippen molar-refractivity contribution in [3.05, 3.63) is 11.6 Å². The molecule has 0 amide bonds. The molecule has 0 bridgehead atoms. The summed E-state index contributed by atoms with van der Waals surface area (Å²) in [5, 5.41) is 0. The van der Waals surface area contributed by atoms with Gasteiger partial charge < -0.3 is 14.2 Å². The molecule has 0 aromatic carbocycles. The fourth-order valence-corrected chi connectivity index (χ4v) is 0.904. The zero-order valence-electron chi connectivity index (χ0n) is 9.44. The first-order valence-electron chi connectivity index (χ1n) is 4.48. The molecule has 0 fully saturated rings. The van der Waals surface area contributed by atoms with Crippen LogP contribution in [0.2, 0.25) is 0 Å². The fraction of sp³-hybridized carbons (Fsp3) is 0.500. The summed E-state index contributed by atoms with van der Waals surface area (Å²) in [6, 6.07) is 0. The Morgan fingerprint density at radius 1 is 0.938 bits per heavy atom. The number of esters is 3. The summed E-state index contributed by atoms with van der Waals surface area (Å²) < 4.78 is 13.2. The third-order valence-electron chi connectivity index (χ3n) is 1.77. The first-order chi connectivity index (χ1) is 7.54. The third kappa shape index (κ3) is 5.14. The summed E-state index contributed by atoms with van der Waals surface area (Å²) in [7, 11) is 3.61. The van der Waals surface area contributed by atoms with Crippen LogP contribution in [-0.2, 0) is 28.6 Å². The standard InChI is InChI=1S/C10H14O6/c1-14-8(11)5-4-7(10(13)16-3)6-9(12)15-2/h6H,4-5H2,1-3H3/b7-6-. The molecule has 0 N–H and O–H groups in total. The lowest BCUT2D eigenvalue weighted by atomic mass is 10.1. The van der Waals surface area contributed by atoms with Gasteiger partial charge in [0.1, 0.15) is 0 Å². The van der Waals surface area contributed by atoms with Gasteiger partial charge in [-0.15, -0.1) is 0 Å². The van der Waals surface area contributed by atoms with Gasteiger partial charge >= 0.3 is 17.9 Å². The average Bonchev–Trinajstić information content (AvgIpc) is 2.32. The Kier molecular flexibility index (Phi) is 6.58. The van der Waals surface area contributed by atoms with Gasteiger partial charge in [-0.05, 0) is 6.42 Å². The number of methoxy groups -OCH3 is 3. The van der Waals surface area contributed by atoms with E-state index in [9.17, 15) is 14.4 Å². The monoisotopic (exact) mass is 230 g/mol. The van der Waals surface area contributed by atoms with E-state index in [0.29, 0.717) is 0 Å². The molecule has 6 nitrogen and oxygen atoms in total.